The third kappa shape index (κ3) is 7.33. The zero-order chi connectivity index (χ0) is 31.1. The first kappa shape index (κ1) is 30.7. The average Bonchev–Trinajstić information content (AvgIpc) is 2.90. The summed E-state index contributed by atoms with van der Waals surface area (Å²) in [6.45, 7) is -2.10. The van der Waals surface area contributed by atoms with Gasteiger partial charge in [-0.2, -0.15) is 47.9 Å². The average molecular weight is 623 g/mol. The highest BCUT2D eigenvalue weighted by Gasteiger charge is 2.37. The maximum absolute atomic E-state index is 13.7. The standard InChI is InChI=1S/C25H14F9N3O4S/c26-23(27,28)12-41-20-10-14(4-5-17(20)24(29,30)31)19-11-21(25(32,33)34)37-22(36-19)15-6-7-35-18(9-15)13-2-1-3-16(8-13)42(38,39)40/h1-11H,12H2,(H,38,39,40). The van der Waals surface area contributed by atoms with Crippen molar-refractivity contribution in [3.8, 4) is 39.7 Å². The van der Waals surface area contributed by atoms with Crippen molar-refractivity contribution in [2.24, 2.45) is 0 Å². The fraction of sp³-hybridized carbons (Fsp3) is 0.160. The van der Waals surface area contributed by atoms with Crippen LogP contribution in [-0.4, -0.2) is 40.7 Å². The molecule has 0 radical (unpaired) electrons. The summed E-state index contributed by atoms with van der Waals surface area (Å²) < 4.78 is 156. The van der Waals surface area contributed by atoms with Crippen LogP contribution >= 0.6 is 0 Å². The van der Waals surface area contributed by atoms with E-state index in [1.807, 2.05) is 0 Å². The summed E-state index contributed by atoms with van der Waals surface area (Å²) >= 11 is 0. The van der Waals surface area contributed by atoms with Crippen molar-refractivity contribution in [2.45, 2.75) is 23.4 Å². The molecule has 2 aromatic carbocycles. The summed E-state index contributed by atoms with van der Waals surface area (Å²) in [7, 11) is -4.60. The highest BCUT2D eigenvalue weighted by molar-refractivity contribution is 7.85. The number of hydrogen-bond donors (Lipinski definition) is 1. The van der Waals surface area contributed by atoms with Gasteiger partial charge in [-0.25, -0.2) is 9.97 Å². The molecule has 0 atom stereocenters. The summed E-state index contributed by atoms with van der Waals surface area (Å²) in [5.74, 6) is -1.87. The molecule has 0 saturated carbocycles. The number of nitrogens with zero attached hydrogens (tertiary/aromatic N) is 3. The molecule has 0 aliphatic carbocycles. The zero-order valence-corrected chi connectivity index (χ0v) is 21.2. The Bertz CT molecular complexity index is 1740. The molecule has 0 amide bonds. The van der Waals surface area contributed by atoms with Crippen LogP contribution in [0.3, 0.4) is 0 Å². The molecule has 0 aliphatic rings. The van der Waals surface area contributed by atoms with Crippen LogP contribution < -0.4 is 4.74 Å². The van der Waals surface area contributed by atoms with Gasteiger partial charge in [0.05, 0.1) is 21.8 Å². The summed E-state index contributed by atoms with van der Waals surface area (Å²) in [5, 5.41) is 0. The van der Waals surface area contributed by atoms with Crippen molar-refractivity contribution in [2.75, 3.05) is 6.61 Å². The number of rotatable bonds is 6. The normalized spacial score (nSPS) is 12.8. The lowest BCUT2D eigenvalue weighted by molar-refractivity contribution is -0.158. The molecule has 7 nitrogen and oxygen atoms in total. The maximum atomic E-state index is 13.7. The number of halogens is 9. The van der Waals surface area contributed by atoms with Crippen LogP contribution in [0.1, 0.15) is 11.3 Å². The van der Waals surface area contributed by atoms with E-state index in [4.69, 9.17) is 0 Å². The quantitative estimate of drug-likeness (QED) is 0.181. The molecule has 1 N–H and O–H groups in total. The molecule has 0 spiro atoms. The third-order valence-corrected chi connectivity index (χ3v) is 6.29. The summed E-state index contributed by atoms with van der Waals surface area (Å²) in [4.78, 5) is 11.0. The molecule has 2 heterocycles. The van der Waals surface area contributed by atoms with Crippen LogP contribution in [0.5, 0.6) is 5.75 Å². The lowest BCUT2D eigenvalue weighted by atomic mass is 10.1. The Labute approximate surface area is 230 Å². The van der Waals surface area contributed by atoms with Crippen molar-refractivity contribution in [3.05, 3.63) is 78.1 Å². The second-order valence-corrected chi connectivity index (χ2v) is 9.93. The molecule has 0 aliphatic heterocycles. The Kier molecular flexibility index (Phi) is 7.94. The van der Waals surface area contributed by atoms with Gasteiger partial charge in [0.25, 0.3) is 10.1 Å². The number of benzene rings is 2. The topological polar surface area (TPSA) is 102 Å². The predicted octanol–water partition coefficient (Wildman–Crippen LogP) is 7.10. The van der Waals surface area contributed by atoms with Crippen LogP contribution in [0.15, 0.2) is 71.8 Å². The van der Waals surface area contributed by atoms with Gasteiger partial charge in [0.15, 0.2) is 12.4 Å². The number of pyridine rings is 1. The van der Waals surface area contributed by atoms with E-state index in [0.29, 0.717) is 24.3 Å². The van der Waals surface area contributed by atoms with Gasteiger partial charge in [0.1, 0.15) is 11.4 Å². The second kappa shape index (κ2) is 10.9. The summed E-state index contributed by atoms with van der Waals surface area (Å²) in [5.41, 5.74) is -4.08. The third-order valence-electron chi connectivity index (χ3n) is 5.44. The smallest absolute Gasteiger partial charge is 0.433 e. The zero-order valence-electron chi connectivity index (χ0n) is 20.4. The maximum Gasteiger partial charge on any atom is 0.433 e. The van der Waals surface area contributed by atoms with Gasteiger partial charge in [-0.15, -0.1) is 0 Å². The second-order valence-electron chi connectivity index (χ2n) is 8.50. The van der Waals surface area contributed by atoms with E-state index in [-0.39, 0.29) is 16.8 Å². The molecule has 0 fully saturated rings. The minimum Gasteiger partial charge on any atom is -0.483 e. The number of ether oxygens (including phenoxy) is 1. The van der Waals surface area contributed by atoms with Gasteiger partial charge < -0.3 is 4.74 Å². The van der Waals surface area contributed by atoms with E-state index in [1.54, 1.807) is 0 Å². The predicted molar refractivity (Wildman–Crippen MR) is 128 cm³/mol. The van der Waals surface area contributed by atoms with E-state index in [9.17, 15) is 52.5 Å². The van der Waals surface area contributed by atoms with Crippen LogP contribution in [0.25, 0.3) is 33.9 Å². The van der Waals surface area contributed by atoms with Gasteiger partial charge in [-0.3, -0.25) is 9.54 Å². The van der Waals surface area contributed by atoms with Gasteiger partial charge >= 0.3 is 18.5 Å². The SMILES string of the molecule is O=S(=O)(O)c1cccc(-c2cc(-c3nc(-c4ccc(C(F)(F)F)c(OCC(F)(F)F)c4)cc(C(F)(F)F)n3)ccn2)c1. The molecule has 0 bridgehead atoms. The summed E-state index contributed by atoms with van der Waals surface area (Å²) in [6, 6.07) is 9.13. The molecule has 0 saturated heterocycles. The largest absolute Gasteiger partial charge is 0.483 e. The lowest BCUT2D eigenvalue weighted by Crippen LogP contribution is -2.21. The summed E-state index contributed by atoms with van der Waals surface area (Å²) in [6.07, 6.45) is -14.1. The van der Waals surface area contributed by atoms with Crippen LogP contribution in [-0.2, 0) is 22.5 Å². The van der Waals surface area contributed by atoms with E-state index in [2.05, 4.69) is 19.7 Å². The number of alkyl halides is 9. The fourth-order valence-corrected chi connectivity index (χ4v) is 4.13. The molecule has 4 rings (SSSR count). The number of aromatic nitrogens is 3. The molecule has 222 valence electrons. The first-order valence-electron chi connectivity index (χ1n) is 11.2. The molecular formula is C25H14F9N3O4S. The van der Waals surface area contributed by atoms with Crippen LogP contribution in [0.4, 0.5) is 39.5 Å². The number of hydrogen-bond acceptors (Lipinski definition) is 6. The van der Waals surface area contributed by atoms with Gasteiger partial charge in [-0.05, 0) is 42.5 Å². The Morgan fingerprint density at radius 1 is 0.738 bits per heavy atom. The van der Waals surface area contributed by atoms with Crippen molar-refractivity contribution in [1.29, 1.82) is 0 Å². The highest BCUT2D eigenvalue weighted by Crippen LogP contribution is 2.40. The van der Waals surface area contributed by atoms with Crippen molar-refractivity contribution < 1.29 is 57.2 Å². The van der Waals surface area contributed by atoms with Gasteiger partial charge in [0.2, 0.25) is 0 Å². The Hall–Kier alpha value is -4.25. The fourth-order valence-electron chi connectivity index (χ4n) is 3.61. The van der Waals surface area contributed by atoms with Crippen molar-refractivity contribution in [3.63, 3.8) is 0 Å². The van der Waals surface area contributed by atoms with Gasteiger partial charge in [0, 0.05) is 22.9 Å². The minimum absolute atomic E-state index is 0.0259. The minimum atomic E-state index is -5.15. The van der Waals surface area contributed by atoms with E-state index >= 15 is 0 Å². The lowest BCUT2D eigenvalue weighted by Gasteiger charge is -2.17. The van der Waals surface area contributed by atoms with Crippen LogP contribution in [0, 0.1) is 0 Å². The van der Waals surface area contributed by atoms with Crippen molar-refractivity contribution >= 4 is 10.1 Å². The molecular weight excluding hydrogens is 609 g/mol. The molecule has 42 heavy (non-hydrogen) atoms. The Morgan fingerprint density at radius 3 is 2.05 bits per heavy atom. The Balaban J connectivity index is 1.85. The molecule has 0 unspecified atom stereocenters. The molecule has 17 heteroatoms. The molecule has 4 aromatic rings. The van der Waals surface area contributed by atoms with E-state index in [0.717, 1.165) is 18.3 Å². The van der Waals surface area contributed by atoms with Crippen LogP contribution in [0.2, 0.25) is 0 Å². The van der Waals surface area contributed by atoms with Crippen molar-refractivity contribution in [1.82, 2.24) is 15.0 Å². The first-order chi connectivity index (χ1) is 19.3. The first-order valence-corrected chi connectivity index (χ1v) is 12.7. The van der Waals surface area contributed by atoms with E-state index < -0.39 is 74.2 Å². The molecule has 2 aromatic heterocycles. The van der Waals surface area contributed by atoms with E-state index in [1.165, 1.54) is 24.3 Å². The Morgan fingerprint density at radius 2 is 1.43 bits per heavy atom. The highest BCUT2D eigenvalue weighted by atomic mass is 32.2. The van der Waals surface area contributed by atoms with Gasteiger partial charge in [-0.1, -0.05) is 18.2 Å². The monoisotopic (exact) mass is 623 g/mol.